The topological polar surface area (TPSA) is 23.8 Å². The van der Waals surface area contributed by atoms with Crippen molar-refractivity contribution >= 4 is 0 Å². The number of benzene rings is 1. The highest BCUT2D eigenvalue weighted by molar-refractivity contribution is 5.23. The summed E-state index contributed by atoms with van der Waals surface area (Å²) in [5.74, 6) is 0.971. The van der Waals surface area contributed by atoms with Gasteiger partial charge < -0.3 is 0 Å². The second-order valence-electron chi connectivity index (χ2n) is 9.04. The first-order chi connectivity index (χ1) is 14.7. The van der Waals surface area contributed by atoms with Gasteiger partial charge in [0.15, 0.2) is 5.83 Å². The Morgan fingerprint density at radius 3 is 2.17 bits per heavy atom. The summed E-state index contributed by atoms with van der Waals surface area (Å²) < 4.78 is 12.7. The number of nitrogens with zero attached hydrogens (tertiary/aromatic N) is 1. The SMILES string of the molecule is CCCCCCCc1ccc(CCC2CCC(CCC=CC=C(F)C#N)CC2)cc1. The maximum absolute atomic E-state index is 12.7. The summed E-state index contributed by atoms with van der Waals surface area (Å²) >= 11 is 0. The Bertz CT molecular complexity index is 672. The van der Waals surface area contributed by atoms with Crippen LogP contribution in [0.15, 0.2) is 48.3 Å². The number of hydrogen-bond acceptors (Lipinski definition) is 1. The van der Waals surface area contributed by atoms with Gasteiger partial charge in [0.25, 0.3) is 0 Å². The Kier molecular flexibility index (Phi) is 12.2. The van der Waals surface area contributed by atoms with Crippen molar-refractivity contribution < 1.29 is 4.39 Å². The van der Waals surface area contributed by atoms with Crippen LogP contribution in [-0.4, -0.2) is 0 Å². The van der Waals surface area contributed by atoms with E-state index in [9.17, 15) is 4.39 Å². The van der Waals surface area contributed by atoms with Gasteiger partial charge in [-0.3, -0.25) is 0 Å². The molecule has 2 rings (SSSR count). The summed E-state index contributed by atoms with van der Waals surface area (Å²) in [7, 11) is 0. The predicted octanol–water partition coefficient (Wildman–Crippen LogP) is 8.65. The molecule has 164 valence electrons. The van der Waals surface area contributed by atoms with Gasteiger partial charge in [-0.1, -0.05) is 94.7 Å². The fourth-order valence-corrected chi connectivity index (χ4v) is 4.60. The molecule has 1 saturated carbocycles. The van der Waals surface area contributed by atoms with Crippen molar-refractivity contribution in [2.45, 2.75) is 96.8 Å². The zero-order valence-corrected chi connectivity index (χ0v) is 18.9. The summed E-state index contributed by atoms with van der Waals surface area (Å²) in [6, 6.07) is 10.9. The highest BCUT2D eigenvalue weighted by Crippen LogP contribution is 2.34. The summed E-state index contributed by atoms with van der Waals surface area (Å²) in [6.07, 6.45) is 23.0. The van der Waals surface area contributed by atoms with Crippen LogP contribution in [0.1, 0.15) is 95.1 Å². The van der Waals surface area contributed by atoms with Gasteiger partial charge in [-0.15, -0.1) is 0 Å². The van der Waals surface area contributed by atoms with Crippen molar-refractivity contribution in [3.63, 3.8) is 0 Å². The molecule has 0 atom stereocenters. The van der Waals surface area contributed by atoms with Gasteiger partial charge in [0, 0.05) is 0 Å². The van der Waals surface area contributed by atoms with E-state index in [2.05, 4.69) is 31.2 Å². The van der Waals surface area contributed by atoms with Crippen LogP contribution in [0.3, 0.4) is 0 Å². The van der Waals surface area contributed by atoms with Gasteiger partial charge in [-0.2, -0.15) is 9.65 Å². The molecule has 0 bridgehead atoms. The lowest BCUT2D eigenvalue weighted by molar-refractivity contribution is 0.254. The van der Waals surface area contributed by atoms with E-state index in [4.69, 9.17) is 5.26 Å². The van der Waals surface area contributed by atoms with E-state index in [-0.39, 0.29) is 0 Å². The normalized spacial score (nSPS) is 19.8. The van der Waals surface area contributed by atoms with Crippen molar-refractivity contribution in [1.82, 2.24) is 0 Å². The molecule has 0 amide bonds. The van der Waals surface area contributed by atoms with E-state index in [0.29, 0.717) is 0 Å². The third-order valence-electron chi connectivity index (χ3n) is 6.63. The highest BCUT2D eigenvalue weighted by atomic mass is 19.1. The Balaban J connectivity index is 1.58. The highest BCUT2D eigenvalue weighted by Gasteiger charge is 2.20. The Morgan fingerprint density at radius 2 is 1.53 bits per heavy atom. The lowest BCUT2D eigenvalue weighted by atomic mass is 9.78. The van der Waals surface area contributed by atoms with Crippen molar-refractivity contribution in [1.29, 1.82) is 5.26 Å². The second kappa shape index (κ2) is 15.0. The molecule has 2 heteroatoms. The molecule has 1 nitrogen and oxygen atoms in total. The molecule has 1 aliphatic carbocycles. The molecule has 1 aromatic carbocycles. The fraction of sp³-hybridized carbons (Fsp3) is 0.607. The number of aryl methyl sites for hydroxylation is 2. The smallest absolute Gasteiger partial charge is 0.195 e. The summed E-state index contributed by atoms with van der Waals surface area (Å²) in [4.78, 5) is 0. The standard InChI is InChI=1S/C28H40FN/c1-2-3-4-5-7-10-24-13-17-26(18-14-24)21-22-27-19-15-25(16-20-27)11-8-6-9-12-28(29)23-30/h6,9,12-14,17-18,25,27H,2-5,7-8,10-11,15-16,19-22H2,1H3. The molecule has 1 fully saturated rings. The van der Waals surface area contributed by atoms with E-state index >= 15 is 0 Å². The minimum Gasteiger partial charge on any atom is -0.195 e. The Morgan fingerprint density at radius 1 is 0.933 bits per heavy atom. The van der Waals surface area contributed by atoms with Gasteiger partial charge in [-0.05, 0) is 67.6 Å². The molecule has 1 aromatic rings. The Labute approximate surface area is 184 Å². The van der Waals surface area contributed by atoms with Gasteiger partial charge in [-0.25, -0.2) is 0 Å². The van der Waals surface area contributed by atoms with E-state index in [0.717, 1.165) is 18.3 Å². The fourth-order valence-electron chi connectivity index (χ4n) is 4.60. The maximum atomic E-state index is 12.7. The number of unbranched alkanes of at least 4 members (excludes halogenated alkanes) is 4. The average molecular weight is 410 g/mol. The molecule has 0 aromatic heterocycles. The molecular formula is C28H40FN. The van der Waals surface area contributed by atoms with Crippen LogP contribution in [-0.2, 0) is 12.8 Å². The van der Waals surface area contributed by atoms with Gasteiger partial charge in [0.2, 0.25) is 0 Å². The van der Waals surface area contributed by atoms with Gasteiger partial charge in [0.05, 0.1) is 0 Å². The van der Waals surface area contributed by atoms with Gasteiger partial charge in [0.1, 0.15) is 6.07 Å². The monoisotopic (exact) mass is 409 g/mol. The lowest BCUT2D eigenvalue weighted by Gasteiger charge is -2.28. The molecule has 0 spiro atoms. The number of halogens is 1. The molecule has 0 N–H and O–H groups in total. The first kappa shape index (κ1) is 24.4. The first-order valence-electron chi connectivity index (χ1n) is 12.2. The van der Waals surface area contributed by atoms with E-state index in [1.54, 1.807) is 6.08 Å². The minimum atomic E-state index is -0.719. The minimum absolute atomic E-state index is 0.719. The molecular weight excluding hydrogens is 369 g/mol. The second-order valence-corrected chi connectivity index (χ2v) is 9.04. The van der Waals surface area contributed by atoms with Crippen LogP contribution in [0.2, 0.25) is 0 Å². The van der Waals surface area contributed by atoms with Crippen molar-refractivity contribution in [2.24, 2.45) is 11.8 Å². The zero-order valence-electron chi connectivity index (χ0n) is 18.9. The van der Waals surface area contributed by atoms with Crippen LogP contribution in [0.5, 0.6) is 0 Å². The number of rotatable bonds is 13. The third-order valence-corrected chi connectivity index (χ3v) is 6.63. The first-order valence-corrected chi connectivity index (χ1v) is 12.2. The molecule has 0 saturated heterocycles. The molecule has 0 radical (unpaired) electrons. The van der Waals surface area contributed by atoms with Crippen LogP contribution in [0, 0.1) is 23.2 Å². The Hall–Kier alpha value is -1.88. The summed E-state index contributed by atoms with van der Waals surface area (Å²) in [5, 5.41) is 8.38. The third kappa shape index (κ3) is 10.2. The molecule has 0 aliphatic heterocycles. The molecule has 1 aliphatic rings. The zero-order chi connectivity index (χ0) is 21.4. The van der Waals surface area contributed by atoms with Crippen molar-refractivity contribution in [3.05, 3.63) is 59.4 Å². The largest absolute Gasteiger partial charge is 0.199 e. The lowest BCUT2D eigenvalue weighted by Crippen LogP contribution is -2.15. The number of nitriles is 1. The molecule has 30 heavy (non-hydrogen) atoms. The van der Waals surface area contributed by atoms with Crippen LogP contribution >= 0.6 is 0 Å². The van der Waals surface area contributed by atoms with E-state index < -0.39 is 5.83 Å². The quantitative estimate of drug-likeness (QED) is 0.182. The van der Waals surface area contributed by atoms with E-state index in [1.807, 2.05) is 6.08 Å². The van der Waals surface area contributed by atoms with Crippen molar-refractivity contribution in [2.75, 3.05) is 0 Å². The molecule has 0 unspecified atom stereocenters. The average Bonchev–Trinajstić information content (AvgIpc) is 2.78. The number of allylic oxidation sites excluding steroid dienone is 4. The summed E-state index contributed by atoms with van der Waals surface area (Å²) in [5.41, 5.74) is 2.99. The predicted molar refractivity (Wildman–Crippen MR) is 126 cm³/mol. The van der Waals surface area contributed by atoms with E-state index in [1.165, 1.54) is 107 Å². The van der Waals surface area contributed by atoms with Crippen LogP contribution in [0.25, 0.3) is 0 Å². The maximum Gasteiger partial charge on any atom is 0.199 e. The van der Waals surface area contributed by atoms with Crippen LogP contribution < -0.4 is 0 Å². The number of hydrogen-bond donors (Lipinski definition) is 0. The van der Waals surface area contributed by atoms with Gasteiger partial charge >= 0.3 is 0 Å². The van der Waals surface area contributed by atoms with Crippen molar-refractivity contribution in [3.8, 4) is 6.07 Å². The van der Waals surface area contributed by atoms with Crippen LogP contribution in [0.4, 0.5) is 4.39 Å². The molecule has 0 heterocycles. The summed E-state index contributed by atoms with van der Waals surface area (Å²) in [6.45, 7) is 2.27.